The van der Waals surface area contributed by atoms with Crippen LogP contribution in [0.1, 0.15) is 19.3 Å². The monoisotopic (exact) mass is 270 g/mol. The van der Waals surface area contributed by atoms with E-state index in [1.807, 2.05) is 0 Å². The van der Waals surface area contributed by atoms with Gasteiger partial charge in [0.2, 0.25) is 0 Å². The van der Waals surface area contributed by atoms with Crippen molar-refractivity contribution in [2.75, 3.05) is 59.2 Å². The van der Waals surface area contributed by atoms with Crippen LogP contribution in [0.25, 0.3) is 0 Å². The van der Waals surface area contributed by atoms with Gasteiger partial charge < -0.3 is 14.6 Å². The normalized spacial score (nSPS) is 30.2. The third-order valence-electron chi connectivity index (χ3n) is 4.84. The van der Waals surface area contributed by atoms with Gasteiger partial charge in [0.05, 0.1) is 32.5 Å². The molecule has 3 aliphatic rings. The van der Waals surface area contributed by atoms with Crippen molar-refractivity contribution in [3.05, 3.63) is 0 Å². The maximum absolute atomic E-state index is 10.3. The first kappa shape index (κ1) is 13.8. The standard InChI is InChI=1S/C14H26N2O3/c17-13(10-15-4-7-18-8-5-15)11-16-6-9-19-12-14(16)2-1-3-14/h13,17H,1-12H2. The lowest BCUT2D eigenvalue weighted by atomic mass is 9.75. The summed E-state index contributed by atoms with van der Waals surface area (Å²) in [6.07, 6.45) is 3.52. The van der Waals surface area contributed by atoms with E-state index in [2.05, 4.69) is 9.80 Å². The predicted molar refractivity (Wildman–Crippen MR) is 72.2 cm³/mol. The van der Waals surface area contributed by atoms with Crippen LogP contribution in [-0.2, 0) is 9.47 Å². The highest BCUT2D eigenvalue weighted by Gasteiger charge is 2.45. The highest BCUT2D eigenvalue weighted by Crippen LogP contribution is 2.39. The van der Waals surface area contributed by atoms with E-state index >= 15 is 0 Å². The molecule has 0 aromatic heterocycles. The number of morpholine rings is 2. The number of hydrogen-bond acceptors (Lipinski definition) is 5. The van der Waals surface area contributed by atoms with Crippen molar-refractivity contribution in [3.8, 4) is 0 Å². The molecule has 2 heterocycles. The fourth-order valence-electron chi connectivity index (χ4n) is 3.49. The van der Waals surface area contributed by atoms with Crippen LogP contribution < -0.4 is 0 Å². The largest absolute Gasteiger partial charge is 0.390 e. The molecule has 5 nitrogen and oxygen atoms in total. The number of β-amino-alcohol motifs (C(OH)–C–C–N with tert-alkyl or cyclic N) is 1. The van der Waals surface area contributed by atoms with E-state index in [9.17, 15) is 5.11 Å². The third kappa shape index (κ3) is 3.11. The van der Waals surface area contributed by atoms with Gasteiger partial charge in [-0.2, -0.15) is 0 Å². The summed E-state index contributed by atoms with van der Waals surface area (Å²) in [5, 5.41) is 10.3. The molecular formula is C14H26N2O3. The molecule has 1 spiro atoms. The van der Waals surface area contributed by atoms with Gasteiger partial charge in [0.1, 0.15) is 0 Å². The average Bonchev–Trinajstić information content (AvgIpc) is 2.38. The van der Waals surface area contributed by atoms with Crippen LogP contribution >= 0.6 is 0 Å². The smallest absolute Gasteiger partial charge is 0.0794 e. The zero-order valence-electron chi connectivity index (χ0n) is 11.7. The van der Waals surface area contributed by atoms with Crippen molar-refractivity contribution < 1.29 is 14.6 Å². The second kappa shape index (κ2) is 6.06. The minimum absolute atomic E-state index is 0.254. The maximum Gasteiger partial charge on any atom is 0.0794 e. The van der Waals surface area contributed by atoms with E-state index < -0.39 is 0 Å². The number of hydrogen-bond donors (Lipinski definition) is 1. The summed E-state index contributed by atoms with van der Waals surface area (Å²) in [6, 6.07) is 0. The minimum atomic E-state index is -0.256. The molecule has 110 valence electrons. The summed E-state index contributed by atoms with van der Waals surface area (Å²) < 4.78 is 11.0. The fourth-order valence-corrected chi connectivity index (χ4v) is 3.49. The molecule has 2 aliphatic heterocycles. The molecule has 5 heteroatoms. The lowest BCUT2D eigenvalue weighted by molar-refractivity contribution is -0.120. The molecule has 1 saturated carbocycles. The van der Waals surface area contributed by atoms with Gasteiger partial charge >= 0.3 is 0 Å². The van der Waals surface area contributed by atoms with Crippen LogP contribution in [0.4, 0.5) is 0 Å². The Morgan fingerprint density at radius 2 is 1.74 bits per heavy atom. The molecule has 0 bridgehead atoms. The topological polar surface area (TPSA) is 45.2 Å². The minimum Gasteiger partial charge on any atom is -0.390 e. The van der Waals surface area contributed by atoms with Gasteiger partial charge in [-0.1, -0.05) is 0 Å². The second-order valence-corrected chi connectivity index (χ2v) is 6.14. The van der Waals surface area contributed by atoms with Crippen molar-refractivity contribution in [1.82, 2.24) is 9.80 Å². The van der Waals surface area contributed by atoms with Crippen LogP contribution in [0.2, 0.25) is 0 Å². The Bertz CT molecular complexity index is 290. The number of rotatable bonds is 4. The van der Waals surface area contributed by atoms with E-state index in [-0.39, 0.29) is 11.6 Å². The highest BCUT2D eigenvalue weighted by atomic mass is 16.5. The zero-order chi connectivity index (χ0) is 13.1. The van der Waals surface area contributed by atoms with Crippen molar-refractivity contribution in [2.45, 2.75) is 30.9 Å². The summed E-state index contributed by atoms with van der Waals surface area (Å²) in [7, 11) is 0. The molecule has 1 N–H and O–H groups in total. The molecule has 3 rings (SSSR count). The maximum atomic E-state index is 10.3. The van der Waals surface area contributed by atoms with Crippen LogP contribution in [-0.4, -0.2) is 85.7 Å². The summed E-state index contributed by atoms with van der Waals surface area (Å²) >= 11 is 0. The van der Waals surface area contributed by atoms with Crippen LogP contribution in [0.15, 0.2) is 0 Å². The SMILES string of the molecule is OC(CN1CCOCC1)CN1CCOCC12CCC2. The van der Waals surface area contributed by atoms with Gasteiger partial charge in [-0.25, -0.2) is 0 Å². The molecule has 3 fully saturated rings. The van der Waals surface area contributed by atoms with Gasteiger partial charge in [-0.15, -0.1) is 0 Å². The van der Waals surface area contributed by atoms with Gasteiger partial charge in [0.15, 0.2) is 0 Å². The number of aliphatic hydroxyl groups is 1. The molecule has 0 radical (unpaired) electrons. The predicted octanol–water partition coefficient (Wildman–Crippen LogP) is -0.0656. The summed E-state index contributed by atoms with van der Waals surface area (Å²) in [4.78, 5) is 4.78. The Morgan fingerprint density at radius 1 is 1.00 bits per heavy atom. The number of nitrogens with zero attached hydrogens (tertiary/aromatic N) is 2. The Morgan fingerprint density at radius 3 is 2.42 bits per heavy atom. The molecule has 0 amide bonds. The lowest BCUT2D eigenvalue weighted by Gasteiger charge is -2.53. The summed E-state index contributed by atoms with van der Waals surface area (Å²) in [6.45, 7) is 7.71. The Hall–Kier alpha value is -0.200. The molecule has 2 saturated heterocycles. The molecule has 1 unspecified atom stereocenters. The molecule has 1 aliphatic carbocycles. The molecule has 0 aromatic carbocycles. The molecule has 19 heavy (non-hydrogen) atoms. The highest BCUT2D eigenvalue weighted by molar-refractivity contribution is 5.00. The zero-order valence-corrected chi connectivity index (χ0v) is 11.7. The average molecular weight is 270 g/mol. The van der Waals surface area contributed by atoms with Crippen molar-refractivity contribution in [2.24, 2.45) is 0 Å². The van der Waals surface area contributed by atoms with Gasteiger partial charge in [0, 0.05) is 38.3 Å². The van der Waals surface area contributed by atoms with E-state index in [1.54, 1.807) is 0 Å². The Balaban J connectivity index is 1.48. The first-order valence-electron chi connectivity index (χ1n) is 7.59. The second-order valence-electron chi connectivity index (χ2n) is 6.14. The Kier molecular flexibility index (Phi) is 4.39. The van der Waals surface area contributed by atoms with E-state index in [1.165, 1.54) is 19.3 Å². The third-order valence-corrected chi connectivity index (χ3v) is 4.84. The van der Waals surface area contributed by atoms with Gasteiger partial charge in [0.25, 0.3) is 0 Å². The first-order chi connectivity index (χ1) is 9.28. The quantitative estimate of drug-likeness (QED) is 0.775. The first-order valence-corrected chi connectivity index (χ1v) is 7.59. The lowest BCUT2D eigenvalue weighted by Crippen LogP contribution is -2.62. The van der Waals surface area contributed by atoms with Gasteiger partial charge in [-0.3, -0.25) is 9.80 Å². The molecule has 0 aromatic rings. The van der Waals surface area contributed by atoms with Crippen LogP contribution in [0.5, 0.6) is 0 Å². The molecular weight excluding hydrogens is 244 g/mol. The Labute approximate surface area is 115 Å². The van der Waals surface area contributed by atoms with Crippen LogP contribution in [0.3, 0.4) is 0 Å². The van der Waals surface area contributed by atoms with Gasteiger partial charge in [-0.05, 0) is 19.3 Å². The van der Waals surface area contributed by atoms with E-state index in [0.29, 0.717) is 0 Å². The van der Waals surface area contributed by atoms with Crippen molar-refractivity contribution in [1.29, 1.82) is 0 Å². The summed E-state index contributed by atoms with van der Waals surface area (Å²) in [5.74, 6) is 0. The fraction of sp³-hybridized carbons (Fsp3) is 1.00. The van der Waals surface area contributed by atoms with Crippen LogP contribution in [0, 0.1) is 0 Å². The van der Waals surface area contributed by atoms with Crippen molar-refractivity contribution >= 4 is 0 Å². The summed E-state index contributed by atoms with van der Waals surface area (Å²) in [5.41, 5.74) is 0.254. The van der Waals surface area contributed by atoms with Crippen molar-refractivity contribution in [3.63, 3.8) is 0 Å². The van der Waals surface area contributed by atoms with E-state index in [0.717, 1.165) is 59.2 Å². The van der Waals surface area contributed by atoms with E-state index in [4.69, 9.17) is 9.47 Å². The number of ether oxygens (including phenoxy) is 2. The molecule has 1 atom stereocenters. The number of aliphatic hydroxyl groups excluding tert-OH is 1.